The molecular formula is C20H34O. The Labute approximate surface area is 131 Å². The van der Waals surface area contributed by atoms with Crippen molar-refractivity contribution in [1.29, 1.82) is 0 Å². The molecule has 1 nitrogen and oxygen atoms in total. The van der Waals surface area contributed by atoms with Crippen molar-refractivity contribution in [2.45, 2.75) is 72.6 Å². The number of fused-ring (bicyclic) bond motifs is 1. The average Bonchev–Trinajstić information content (AvgIpc) is 2.88. The largest absolute Gasteiger partial charge is 0.392 e. The van der Waals surface area contributed by atoms with Crippen LogP contribution in [0.3, 0.4) is 0 Å². The van der Waals surface area contributed by atoms with Crippen molar-refractivity contribution in [3.05, 3.63) is 23.8 Å². The predicted molar refractivity (Wildman–Crippen MR) is 91.2 cm³/mol. The molecule has 2 rings (SSSR count). The summed E-state index contributed by atoms with van der Waals surface area (Å²) < 4.78 is 0. The minimum absolute atomic E-state index is 0.178. The Morgan fingerprint density at radius 3 is 2.62 bits per heavy atom. The summed E-state index contributed by atoms with van der Waals surface area (Å²) in [6.45, 7) is 14.0. The van der Waals surface area contributed by atoms with E-state index >= 15 is 0 Å². The molecule has 2 aliphatic carbocycles. The smallest absolute Gasteiger partial charge is 0.0614 e. The Bertz CT molecular complexity index is 422. The van der Waals surface area contributed by atoms with E-state index in [4.69, 9.17) is 5.11 Å². The van der Waals surface area contributed by atoms with Crippen molar-refractivity contribution in [2.24, 2.45) is 22.7 Å². The van der Waals surface area contributed by atoms with E-state index in [-0.39, 0.29) is 6.61 Å². The molecular weight excluding hydrogens is 256 g/mol. The van der Waals surface area contributed by atoms with Crippen LogP contribution >= 0.6 is 0 Å². The fourth-order valence-corrected chi connectivity index (χ4v) is 5.35. The highest BCUT2D eigenvalue weighted by Crippen LogP contribution is 2.65. The lowest BCUT2D eigenvalue weighted by Crippen LogP contribution is -2.47. The molecule has 0 bridgehead atoms. The summed E-state index contributed by atoms with van der Waals surface area (Å²) in [5, 5.41) is 9.07. The molecule has 0 spiro atoms. The minimum Gasteiger partial charge on any atom is -0.392 e. The van der Waals surface area contributed by atoms with Gasteiger partial charge in [0.05, 0.1) is 6.61 Å². The summed E-state index contributed by atoms with van der Waals surface area (Å²) >= 11 is 0. The van der Waals surface area contributed by atoms with Gasteiger partial charge in [0, 0.05) is 0 Å². The Morgan fingerprint density at radius 2 is 2.00 bits per heavy atom. The molecule has 21 heavy (non-hydrogen) atoms. The lowest BCUT2D eigenvalue weighted by atomic mass is 9.50. The summed E-state index contributed by atoms with van der Waals surface area (Å²) in [7, 11) is 0. The van der Waals surface area contributed by atoms with Gasteiger partial charge in [0.15, 0.2) is 0 Å². The zero-order valence-electron chi connectivity index (χ0n) is 14.5. The van der Waals surface area contributed by atoms with Crippen LogP contribution in [0, 0.1) is 22.7 Å². The monoisotopic (exact) mass is 290 g/mol. The fourth-order valence-electron chi connectivity index (χ4n) is 5.35. The van der Waals surface area contributed by atoms with E-state index in [1.807, 2.05) is 6.08 Å². The molecule has 0 amide bonds. The van der Waals surface area contributed by atoms with E-state index in [2.05, 4.69) is 34.3 Å². The zero-order valence-corrected chi connectivity index (χ0v) is 14.5. The summed E-state index contributed by atoms with van der Waals surface area (Å²) in [5.74, 6) is 1.61. The predicted octanol–water partition coefficient (Wildman–Crippen LogP) is 5.50. The number of rotatable bonds is 5. The molecule has 1 N–H and O–H groups in total. The molecule has 1 heteroatoms. The first-order valence-corrected chi connectivity index (χ1v) is 8.79. The van der Waals surface area contributed by atoms with Crippen LogP contribution < -0.4 is 0 Å². The topological polar surface area (TPSA) is 20.2 Å². The van der Waals surface area contributed by atoms with Gasteiger partial charge >= 0.3 is 0 Å². The molecule has 0 saturated heterocycles. The second kappa shape index (κ2) is 6.28. The first-order chi connectivity index (χ1) is 9.86. The highest BCUT2D eigenvalue weighted by molar-refractivity contribution is 5.19. The average molecular weight is 290 g/mol. The van der Waals surface area contributed by atoms with Gasteiger partial charge in [-0.1, -0.05) is 44.1 Å². The van der Waals surface area contributed by atoms with E-state index in [1.54, 1.807) is 0 Å². The second-order valence-electron chi connectivity index (χ2n) is 8.06. The molecule has 2 fully saturated rings. The molecule has 0 aromatic rings. The molecule has 0 aliphatic heterocycles. The first kappa shape index (κ1) is 16.8. The summed E-state index contributed by atoms with van der Waals surface area (Å²) in [5.41, 5.74) is 3.63. The number of aliphatic hydroxyl groups excluding tert-OH is 1. The second-order valence-corrected chi connectivity index (χ2v) is 8.06. The van der Waals surface area contributed by atoms with Crippen LogP contribution in [-0.2, 0) is 0 Å². The summed E-state index contributed by atoms with van der Waals surface area (Å²) in [4.78, 5) is 0. The fraction of sp³-hybridized carbons (Fsp3) is 0.800. The third-order valence-electron chi connectivity index (χ3n) is 7.08. The van der Waals surface area contributed by atoms with Crippen molar-refractivity contribution in [2.75, 3.05) is 6.61 Å². The quantitative estimate of drug-likeness (QED) is 0.662. The zero-order chi connectivity index (χ0) is 15.7. The molecule has 2 aliphatic rings. The van der Waals surface area contributed by atoms with Gasteiger partial charge in [-0.2, -0.15) is 0 Å². The van der Waals surface area contributed by atoms with E-state index in [0.29, 0.717) is 10.8 Å². The van der Waals surface area contributed by atoms with Crippen LogP contribution in [-0.4, -0.2) is 11.7 Å². The lowest BCUT2D eigenvalue weighted by molar-refractivity contribution is -0.0265. The van der Waals surface area contributed by atoms with E-state index in [9.17, 15) is 0 Å². The van der Waals surface area contributed by atoms with Gasteiger partial charge < -0.3 is 5.11 Å². The van der Waals surface area contributed by atoms with Crippen molar-refractivity contribution in [3.63, 3.8) is 0 Å². The SMILES string of the molecule is C=C(C)C12CCCC1C(C)(CC/C(C)=C/CO)C(C)CC2. The molecule has 120 valence electrons. The number of aliphatic hydroxyl groups is 1. The van der Waals surface area contributed by atoms with Crippen molar-refractivity contribution < 1.29 is 5.11 Å². The maximum Gasteiger partial charge on any atom is 0.0614 e. The Kier molecular flexibility index (Phi) is 5.03. The number of allylic oxidation sites excluding steroid dienone is 2. The van der Waals surface area contributed by atoms with Crippen LogP contribution in [0.15, 0.2) is 23.8 Å². The molecule has 0 aromatic carbocycles. The van der Waals surface area contributed by atoms with Crippen LogP contribution in [0.2, 0.25) is 0 Å². The van der Waals surface area contributed by atoms with Crippen LogP contribution in [0.4, 0.5) is 0 Å². The van der Waals surface area contributed by atoms with E-state index in [1.165, 1.54) is 49.7 Å². The highest BCUT2D eigenvalue weighted by Gasteiger charge is 2.55. The van der Waals surface area contributed by atoms with Crippen molar-refractivity contribution in [1.82, 2.24) is 0 Å². The lowest BCUT2D eigenvalue weighted by Gasteiger charge is -2.55. The van der Waals surface area contributed by atoms with Crippen molar-refractivity contribution >= 4 is 0 Å². The molecule has 4 unspecified atom stereocenters. The Balaban J connectivity index is 2.22. The molecule has 0 heterocycles. The molecule has 4 atom stereocenters. The summed E-state index contributed by atoms with van der Waals surface area (Å²) in [6, 6.07) is 0. The van der Waals surface area contributed by atoms with Gasteiger partial charge in [-0.25, -0.2) is 0 Å². The maximum atomic E-state index is 9.07. The summed E-state index contributed by atoms with van der Waals surface area (Å²) in [6.07, 6.45) is 11.2. The molecule has 2 saturated carbocycles. The third-order valence-corrected chi connectivity index (χ3v) is 7.08. The van der Waals surface area contributed by atoms with Gasteiger partial charge in [-0.15, -0.1) is 0 Å². The van der Waals surface area contributed by atoms with Gasteiger partial charge in [0.2, 0.25) is 0 Å². The molecule has 0 radical (unpaired) electrons. The van der Waals surface area contributed by atoms with Crippen LogP contribution in [0.1, 0.15) is 72.6 Å². The van der Waals surface area contributed by atoms with Gasteiger partial charge in [0.1, 0.15) is 0 Å². The van der Waals surface area contributed by atoms with Gasteiger partial charge in [-0.05, 0) is 75.0 Å². The third kappa shape index (κ3) is 2.86. The highest BCUT2D eigenvalue weighted by atomic mass is 16.2. The Hall–Kier alpha value is -0.560. The van der Waals surface area contributed by atoms with Crippen LogP contribution in [0.25, 0.3) is 0 Å². The molecule has 0 aromatic heterocycles. The maximum absolute atomic E-state index is 9.07. The minimum atomic E-state index is 0.178. The van der Waals surface area contributed by atoms with Crippen LogP contribution in [0.5, 0.6) is 0 Å². The van der Waals surface area contributed by atoms with E-state index < -0.39 is 0 Å². The normalized spacial score (nSPS) is 40.1. The first-order valence-electron chi connectivity index (χ1n) is 8.79. The van der Waals surface area contributed by atoms with E-state index in [0.717, 1.165) is 18.3 Å². The van der Waals surface area contributed by atoms with Gasteiger partial charge in [0.25, 0.3) is 0 Å². The number of hydrogen-bond donors (Lipinski definition) is 1. The van der Waals surface area contributed by atoms with Crippen molar-refractivity contribution in [3.8, 4) is 0 Å². The number of hydrogen-bond acceptors (Lipinski definition) is 1. The standard InChI is InChI=1S/C20H34O/c1-15(2)20-11-6-7-18(20)19(5,17(4)9-13-20)12-8-16(3)10-14-21/h10,17-18,21H,1,6-9,11-14H2,2-5H3/b16-10+. The van der Waals surface area contributed by atoms with Gasteiger partial charge in [-0.3, -0.25) is 0 Å². The Morgan fingerprint density at radius 1 is 1.29 bits per heavy atom.